The molecule has 0 N–H and O–H groups in total. The molecule has 1 aliphatic heterocycles. The monoisotopic (exact) mass is 280 g/mol. The minimum atomic E-state index is -2.83. The molecule has 1 fully saturated rings. The molecular weight excluding hydrogens is 264 g/mol. The lowest BCUT2D eigenvalue weighted by molar-refractivity contribution is 0.417. The largest absolute Gasteiger partial charge is 0.494 e. The van der Waals surface area contributed by atoms with E-state index in [1.54, 1.807) is 13.3 Å². The molecule has 1 aliphatic rings. The molecule has 2 aromatic heterocycles. The van der Waals surface area contributed by atoms with E-state index in [0.717, 1.165) is 17.1 Å². The average molecular weight is 280 g/mol. The lowest BCUT2D eigenvalue weighted by atomic mass is 10.0. The molecule has 0 aliphatic carbocycles. The Hall–Kier alpha value is -1.56. The summed E-state index contributed by atoms with van der Waals surface area (Å²) < 4.78 is 30.3. The van der Waals surface area contributed by atoms with Crippen molar-refractivity contribution >= 4 is 15.4 Å². The van der Waals surface area contributed by atoms with Crippen LogP contribution in [0.2, 0.25) is 0 Å². The zero-order valence-corrected chi connectivity index (χ0v) is 11.6. The summed E-state index contributed by atoms with van der Waals surface area (Å²) in [5.74, 6) is 2.44. The van der Waals surface area contributed by atoms with Crippen molar-refractivity contribution in [1.29, 1.82) is 0 Å². The van der Waals surface area contributed by atoms with E-state index in [1.165, 1.54) is 0 Å². The summed E-state index contributed by atoms with van der Waals surface area (Å²) in [7, 11) is -1.20. The highest BCUT2D eigenvalue weighted by molar-refractivity contribution is 7.91. The number of imidazole rings is 1. The molecule has 102 valence electrons. The highest BCUT2D eigenvalue weighted by Crippen LogP contribution is 2.30. The predicted molar refractivity (Wildman–Crippen MR) is 72.4 cm³/mol. The van der Waals surface area contributed by atoms with Crippen molar-refractivity contribution in [3.63, 3.8) is 0 Å². The number of sulfone groups is 1. The molecule has 3 rings (SSSR count). The Kier molecular flexibility index (Phi) is 2.97. The van der Waals surface area contributed by atoms with Crippen molar-refractivity contribution in [2.24, 2.45) is 0 Å². The normalized spacial score (nSPS) is 19.6. The highest BCUT2D eigenvalue weighted by atomic mass is 32.2. The van der Waals surface area contributed by atoms with Crippen molar-refractivity contribution in [1.82, 2.24) is 9.38 Å². The van der Waals surface area contributed by atoms with Gasteiger partial charge in [-0.2, -0.15) is 0 Å². The van der Waals surface area contributed by atoms with Gasteiger partial charge in [-0.3, -0.25) is 0 Å². The van der Waals surface area contributed by atoms with Crippen LogP contribution in [0.3, 0.4) is 0 Å². The zero-order chi connectivity index (χ0) is 13.5. The second-order valence-corrected chi connectivity index (χ2v) is 7.18. The number of rotatable bonds is 2. The van der Waals surface area contributed by atoms with Crippen molar-refractivity contribution in [3.8, 4) is 5.75 Å². The average Bonchev–Trinajstić information content (AvgIpc) is 2.82. The summed E-state index contributed by atoms with van der Waals surface area (Å²) in [6.07, 6.45) is 5.04. The van der Waals surface area contributed by atoms with E-state index in [4.69, 9.17) is 4.74 Å². The second kappa shape index (κ2) is 4.52. The molecule has 3 heterocycles. The van der Waals surface area contributed by atoms with Crippen molar-refractivity contribution in [2.45, 2.75) is 18.8 Å². The first-order valence-electron chi connectivity index (χ1n) is 6.31. The van der Waals surface area contributed by atoms with E-state index in [0.29, 0.717) is 12.8 Å². The number of nitrogens with zero attached hydrogens (tertiary/aromatic N) is 2. The molecule has 0 amide bonds. The van der Waals surface area contributed by atoms with Crippen molar-refractivity contribution in [2.75, 3.05) is 18.6 Å². The van der Waals surface area contributed by atoms with Gasteiger partial charge in [-0.1, -0.05) is 0 Å². The van der Waals surface area contributed by atoms with E-state index in [1.807, 2.05) is 22.7 Å². The maximum atomic E-state index is 11.5. The third-order valence-corrected chi connectivity index (χ3v) is 5.42. The fourth-order valence-corrected chi connectivity index (χ4v) is 4.13. The van der Waals surface area contributed by atoms with Gasteiger partial charge in [0.15, 0.2) is 0 Å². The first-order valence-corrected chi connectivity index (χ1v) is 8.13. The van der Waals surface area contributed by atoms with Gasteiger partial charge < -0.3 is 9.14 Å². The minimum absolute atomic E-state index is 0.207. The third kappa shape index (κ3) is 2.20. The molecule has 5 nitrogen and oxygen atoms in total. The summed E-state index contributed by atoms with van der Waals surface area (Å²) >= 11 is 0. The van der Waals surface area contributed by atoms with Crippen LogP contribution in [0.15, 0.2) is 24.5 Å². The molecule has 19 heavy (non-hydrogen) atoms. The minimum Gasteiger partial charge on any atom is -0.494 e. The Balaban J connectivity index is 1.98. The summed E-state index contributed by atoms with van der Waals surface area (Å²) in [4.78, 5) is 4.46. The molecule has 0 radical (unpaired) electrons. The van der Waals surface area contributed by atoms with E-state index < -0.39 is 9.84 Å². The number of pyridine rings is 1. The Morgan fingerprint density at radius 1 is 1.37 bits per heavy atom. The number of hydrogen-bond donors (Lipinski definition) is 0. The lowest BCUT2D eigenvalue weighted by Crippen LogP contribution is -2.23. The SMILES string of the molecule is COc1cccn2c(C3CCS(=O)(=O)CC3)ncc12. The molecule has 0 bridgehead atoms. The number of ether oxygens (including phenoxy) is 1. The van der Waals surface area contributed by atoms with Crippen LogP contribution in [0.5, 0.6) is 5.75 Å². The summed E-state index contributed by atoms with van der Waals surface area (Å²) in [6, 6.07) is 3.81. The maximum Gasteiger partial charge on any atom is 0.150 e. The molecule has 6 heteroatoms. The van der Waals surface area contributed by atoms with Crippen LogP contribution in [-0.4, -0.2) is 36.4 Å². The molecule has 2 aromatic rings. The first kappa shape index (κ1) is 12.5. The zero-order valence-electron chi connectivity index (χ0n) is 10.7. The molecule has 0 atom stereocenters. The number of aromatic nitrogens is 2. The lowest BCUT2D eigenvalue weighted by Gasteiger charge is -2.21. The summed E-state index contributed by atoms with van der Waals surface area (Å²) in [5, 5.41) is 0. The van der Waals surface area contributed by atoms with E-state index in [9.17, 15) is 8.42 Å². The van der Waals surface area contributed by atoms with Gasteiger partial charge in [-0.25, -0.2) is 13.4 Å². The summed E-state index contributed by atoms with van der Waals surface area (Å²) in [5.41, 5.74) is 0.924. The van der Waals surface area contributed by atoms with Gasteiger partial charge in [-0.05, 0) is 25.0 Å². The van der Waals surface area contributed by atoms with Gasteiger partial charge in [-0.15, -0.1) is 0 Å². The standard InChI is InChI=1S/C13H16N2O3S/c1-18-12-3-2-6-15-11(12)9-14-13(15)10-4-7-19(16,17)8-5-10/h2-3,6,9-10H,4-5,7-8H2,1H3. The molecule has 0 unspecified atom stereocenters. The fraction of sp³-hybridized carbons (Fsp3) is 0.462. The first-order chi connectivity index (χ1) is 9.11. The van der Waals surface area contributed by atoms with Crippen molar-refractivity contribution in [3.05, 3.63) is 30.4 Å². The van der Waals surface area contributed by atoms with Crippen LogP contribution in [0.1, 0.15) is 24.6 Å². The van der Waals surface area contributed by atoms with Crippen LogP contribution in [0, 0.1) is 0 Å². The third-order valence-electron chi connectivity index (χ3n) is 3.70. The number of methoxy groups -OCH3 is 1. The molecule has 0 spiro atoms. The van der Waals surface area contributed by atoms with Crippen LogP contribution in [0.25, 0.3) is 5.52 Å². The smallest absolute Gasteiger partial charge is 0.150 e. The van der Waals surface area contributed by atoms with Gasteiger partial charge in [0, 0.05) is 12.1 Å². The summed E-state index contributed by atoms with van der Waals surface area (Å²) in [6.45, 7) is 0. The highest BCUT2D eigenvalue weighted by Gasteiger charge is 2.27. The quantitative estimate of drug-likeness (QED) is 0.839. The van der Waals surface area contributed by atoms with Gasteiger partial charge in [0.05, 0.1) is 24.8 Å². The van der Waals surface area contributed by atoms with E-state index in [-0.39, 0.29) is 17.4 Å². The van der Waals surface area contributed by atoms with Gasteiger partial charge in [0.2, 0.25) is 0 Å². The maximum absolute atomic E-state index is 11.5. The van der Waals surface area contributed by atoms with Gasteiger partial charge in [0.25, 0.3) is 0 Å². The molecular formula is C13H16N2O3S. The van der Waals surface area contributed by atoms with Gasteiger partial charge >= 0.3 is 0 Å². The van der Waals surface area contributed by atoms with E-state index >= 15 is 0 Å². The van der Waals surface area contributed by atoms with Crippen LogP contribution < -0.4 is 4.74 Å². The van der Waals surface area contributed by atoms with Crippen molar-refractivity contribution < 1.29 is 13.2 Å². The number of fused-ring (bicyclic) bond motifs is 1. The van der Waals surface area contributed by atoms with E-state index in [2.05, 4.69) is 4.98 Å². The van der Waals surface area contributed by atoms with Gasteiger partial charge in [0.1, 0.15) is 26.9 Å². The number of hydrogen-bond acceptors (Lipinski definition) is 4. The second-order valence-electron chi connectivity index (χ2n) is 4.87. The molecule has 1 saturated heterocycles. The predicted octanol–water partition coefficient (Wildman–Crippen LogP) is 1.64. The Morgan fingerprint density at radius 3 is 2.79 bits per heavy atom. The van der Waals surface area contributed by atoms with Crippen LogP contribution in [0.4, 0.5) is 0 Å². The topological polar surface area (TPSA) is 60.7 Å². The molecule has 0 saturated carbocycles. The fourth-order valence-electron chi connectivity index (χ4n) is 2.64. The Morgan fingerprint density at radius 2 is 2.11 bits per heavy atom. The van der Waals surface area contributed by atoms with Crippen LogP contribution in [-0.2, 0) is 9.84 Å². The Labute approximate surface area is 112 Å². The van der Waals surface area contributed by atoms with Crippen LogP contribution >= 0.6 is 0 Å². The Bertz CT molecular complexity index is 692. The molecule has 0 aromatic carbocycles.